The first-order valence-electron chi connectivity index (χ1n) is 17.3. The summed E-state index contributed by atoms with van der Waals surface area (Å²) in [6.07, 6.45) is 31.9. The summed E-state index contributed by atoms with van der Waals surface area (Å²) in [7, 11) is 0. The number of hydrogen-bond donors (Lipinski definition) is 0. The van der Waals surface area contributed by atoms with Crippen LogP contribution in [0.4, 0.5) is 0 Å². The number of nitrogens with zero attached hydrogens (tertiary/aromatic N) is 2. The Morgan fingerprint density at radius 2 is 1.19 bits per heavy atom. The maximum Gasteiger partial charge on any atom is 0.145 e. The van der Waals surface area contributed by atoms with Crippen molar-refractivity contribution in [2.75, 3.05) is 0 Å². The van der Waals surface area contributed by atoms with Gasteiger partial charge in [-0.05, 0) is 130 Å². The summed E-state index contributed by atoms with van der Waals surface area (Å²) in [5.74, 6) is 1.01. The quantitative estimate of drug-likeness (QED) is 0.195. The molecule has 0 saturated heterocycles. The van der Waals surface area contributed by atoms with Gasteiger partial charge in [-0.3, -0.25) is 4.57 Å². The number of aromatic nitrogens is 2. The maximum absolute atomic E-state index is 5.18. The molecule has 4 aromatic carbocycles. The summed E-state index contributed by atoms with van der Waals surface area (Å²) in [6, 6.07) is 26.9. The van der Waals surface area contributed by atoms with Crippen LogP contribution in [0.5, 0.6) is 0 Å². The molecule has 1 heterocycles. The van der Waals surface area contributed by atoms with E-state index in [-0.39, 0.29) is 0 Å². The Morgan fingerprint density at radius 3 is 1.87 bits per heavy atom. The van der Waals surface area contributed by atoms with E-state index in [4.69, 9.17) is 4.98 Å². The zero-order chi connectivity index (χ0) is 31.2. The van der Waals surface area contributed by atoms with Gasteiger partial charge in [0.2, 0.25) is 0 Å². The van der Waals surface area contributed by atoms with Crippen LogP contribution >= 0.6 is 0 Å². The van der Waals surface area contributed by atoms with Crippen LogP contribution in [0.25, 0.3) is 68.3 Å². The van der Waals surface area contributed by atoms with Crippen LogP contribution in [-0.4, -0.2) is 9.55 Å². The monoisotopic (exact) mass is 606 g/mol. The number of fused-ring (bicyclic) bond motifs is 3. The molecular weight excluding hydrogens is 569 g/mol. The van der Waals surface area contributed by atoms with Gasteiger partial charge in [-0.1, -0.05) is 109 Å². The Kier molecular flexibility index (Phi) is 7.08. The van der Waals surface area contributed by atoms with Crippen molar-refractivity contribution in [2.24, 2.45) is 0 Å². The number of hydrogen-bond acceptors (Lipinski definition) is 1. The highest BCUT2D eigenvalue weighted by Crippen LogP contribution is 2.37. The molecule has 0 N–H and O–H groups in total. The van der Waals surface area contributed by atoms with Crippen LogP contribution in [0.1, 0.15) is 67.5 Å². The summed E-state index contributed by atoms with van der Waals surface area (Å²) >= 11 is 0. The van der Waals surface area contributed by atoms with Gasteiger partial charge in [-0.25, -0.2) is 4.98 Å². The number of rotatable bonds is 5. The van der Waals surface area contributed by atoms with E-state index in [1.165, 1.54) is 66.0 Å². The molecule has 47 heavy (non-hydrogen) atoms. The molecule has 5 aromatic rings. The molecule has 1 aromatic heterocycles. The first kappa shape index (κ1) is 28.0. The van der Waals surface area contributed by atoms with Gasteiger partial charge < -0.3 is 0 Å². The van der Waals surface area contributed by atoms with Crippen molar-refractivity contribution in [3.63, 3.8) is 0 Å². The van der Waals surface area contributed by atoms with Crippen LogP contribution in [0.2, 0.25) is 0 Å². The third-order valence-electron chi connectivity index (χ3n) is 10.2. The molecular formula is C45H38N2. The summed E-state index contributed by atoms with van der Waals surface area (Å²) in [4.78, 5) is 5.18. The van der Waals surface area contributed by atoms with Crippen LogP contribution in [0, 0.1) is 0 Å². The van der Waals surface area contributed by atoms with Crippen molar-refractivity contribution in [3.8, 4) is 28.2 Å². The second-order valence-corrected chi connectivity index (χ2v) is 13.1. The lowest BCUT2D eigenvalue weighted by atomic mass is 9.82. The van der Waals surface area contributed by atoms with Crippen molar-refractivity contribution in [3.05, 3.63) is 148 Å². The molecule has 0 bridgehead atoms. The van der Waals surface area contributed by atoms with E-state index in [2.05, 4.69) is 138 Å². The first-order chi connectivity index (χ1) is 23.3. The largest absolute Gasteiger partial charge is 0.293 e. The van der Waals surface area contributed by atoms with Gasteiger partial charge in [-0.2, -0.15) is 0 Å². The second-order valence-electron chi connectivity index (χ2n) is 13.1. The zero-order valence-corrected chi connectivity index (χ0v) is 26.8. The minimum absolute atomic E-state index is 0.983. The van der Waals surface area contributed by atoms with E-state index in [0.717, 1.165) is 68.4 Å². The van der Waals surface area contributed by atoms with Gasteiger partial charge >= 0.3 is 0 Å². The maximum atomic E-state index is 5.18. The molecule has 0 amide bonds. The van der Waals surface area contributed by atoms with E-state index in [0.29, 0.717) is 0 Å². The fraction of sp³-hybridized carbons (Fsp3) is 0.178. The molecule has 0 aliphatic heterocycles. The molecule has 4 aliphatic rings. The Labute approximate surface area is 276 Å². The standard InChI is InChI=1S/C45H38N2/c1-4-14-32(15-5-1)43-37-20-10-11-21-38(37)44(33-16-6-2-7-17-33)40-30-35(28-29-39(40)43)31-24-26-34(27-25-31)45-46-41-22-12-13-23-42(41)47(45)36-18-8-3-9-19-36/h1-4,6,8-9,13-14,16,18-21,23-30H,5,7,10-12,15,17,22H2. The number of para-hydroxylation sites is 1. The fourth-order valence-corrected chi connectivity index (χ4v) is 7.99. The van der Waals surface area contributed by atoms with Gasteiger partial charge in [0.25, 0.3) is 0 Å². The van der Waals surface area contributed by atoms with Crippen LogP contribution in [0.3, 0.4) is 0 Å². The fourth-order valence-electron chi connectivity index (χ4n) is 7.99. The summed E-state index contributed by atoms with van der Waals surface area (Å²) in [5.41, 5.74) is 13.0. The highest BCUT2D eigenvalue weighted by Gasteiger charge is 2.21. The number of allylic oxidation sites excluding steroid dienone is 9. The van der Waals surface area contributed by atoms with Crippen LogP contribution in [-0.2, 0) is 6.42 Å². The molecule has 0 atom stereocenters. The topological polar surface area (TPSA) is 17.8 Å². The SMILES string of the molecule is C1=CCCC(c2c3c(c(C4=CC=CCC4)c4cc(-c5ccc(-c6nc7c(n6-c6ccccc6)C=CCC7)cc5)ccc24)=CCCC=3)=C1. The Bertz CT molecular complexity index is 2320. The number of aryl methyl sites for hydroxylation is 1. The third-order valence-corrected chi connectivity index (χ3v) is 10.2. The highest BCUT2D eigenvalue weighted by molar-refractivity contribution is 6.03. The van der Waals surface area contributed by atoms with Gasteiger partial charge in [-0.15, -0.1) is 0 Å². The summed E-state index contributed by atoms with van der Waals surface area (Å²) < 4.78 is 2.32. The van der Waals surface area contributed by atoms with E-state index in [9.17, 15) is 0 Å². The number of benzene rings is 4. The molecule has 0 radical (unpaired) electrons. The number of imidazole rings is 1. The molecule has 2 nitrogen and oxygen atoms in total. The molecule has 0 unspecified atom stereocenters. The highest BCUT2D eigenvalue weighted by atomic mass is 15.1. The van der Waals surface area contributed by atoms with Crippen molar-refractivity contribution in [1.82, 2.24) is 9.55 Å². The van der Waals surface area contributed by atoms with Gasteiger partial charge in [0, 0.05) is 11.3 Å². The van der Waals surface area contributed by atoms with Crippen molar-refractivity contribution >= 4 is 40.1 Å². The first-order valence-corrected chi connectivity index (χ1v) is 17.3. The summed E-state index contributed by atoms with van der Waals surface area (Å²) in [6.45, 7) is 0. The zero-order valence-electron chi connectivity index (χ0n) is 26.8. The average molecular weight is 607 g/mol. The minimum atomic E-state index is 0.983. The van der Waals surface area contributed by atoms with Crippen molar-refractivity contribution in [1.29, 1.82) is 0 Å². The lowest BCUT2D eigenvalue weighted by molar-refractivity contribution is 0.936. The predicted octanol–water partition coefficient (Wildman–Crippen LogP) is 10.1. The van der Waals surface area contributed by atoms with Gasteiger partial charge in [0.15, 0.2) is 0 Å². The minimum Gasteiger partial charge on any atom is -0.293 e. The third kappa shape index (κ3) is 4.91. The molecule has 9 rings (SSSR count). The van der Waals surface area contributed by atoms with E-state index in [1.807, 2.05) is 0 Å². The Balaban J connectivity index is 1.21. The van der Waals surface area contributed by atoms with Gasteiger partial charge in [0.05, 0.1) is 11.4 Å². The smallest absolute Gasteiger partial charge is 0.145 e. The molecule has 4 aliphatic carbocycles. The molecule has 228 valence electrons. The van der Waals surface area contributed by atoms with Crippen molar-refractivity contribution in [2.45, 2.75) is 51.4 Å². The van der Waals surface area contributed by atoms with E-state index in [1.54, 1.807) is 0 Å². The Hall–Kier alpha value is -5.21. The second kappa shape index (κ2) is 11.9. The normalized spacial score (nSPS) is 16.6. The average Bonchev–Trinajstić information content (AvgIpc) is 3.54. The lowest BCUT2D eigenvalue weighted by Crippen LogP contribution is -2.34. The predicted molar refractivity (Wildman–Crippen MR) is 199 cm³/mol. The van der Waals surface area contributed by atoms with E-state index < -0.39 is 0 Å². The van der Waals surface area contributed by atoms with Gasteiger partial charge in [0.1, 0.15) is 5.82 Å². The van der Waals surface area contributed by atoms with Crippen LogP contribution in [0.15, 0.2) is 115 Å². The summed E-state index contributed by atoms with van der Waals surface area (Å²) in [5, 5.41) is 5.64. The van der Waals surface area contributed by atoms with Crippen LogP contribution < -0.4 is 10.4 Å². The van der Waals surface area contributed by atoms with Crippen molar-refractivity contribution < 1.29 is 0 Å². The molecule has 2 heteroatoms. The molecule has 0 saturated carbocycles. The molecule has 0 spiro atoms. The Morgan fingerprint density at radius 1 is 0.553 bits per heavy atom. The van der Waals surface area contributed by atoms with E-state index >= 15 is 0 Å². The molecule has 0 fully saturated rings. The lowest BCUT2D eigenvalue weighted by Gasteiger charge is -2.22.